The minimum Gasteiger partial charge on any atom is -0.396 e. The summed E-state index contributed by atoms with van der Waals surface area (Å²) in [5.41, 5.74) is 7.82. The van der Waals surface area contributed by atoms with Gasteiger partial charge in [-0.25, -0.2) is 17.7 Å². The molecule has 21 heavy (non-hydrogen) atoms. The summed E-state index contributed by atoms with van der Waals surface area (Å²) in [5.74, 6) is 0. The van der Waals surface area contributed by atoms with Crippen LogP contribution < -0.4 is 11.1 Å². The molecule has 0 aliphatic rings. The van der Waals surface area contributed by atoms with Crippen LogP contribution in [0, 0.1) is 0 Å². The Morgan fingerprint density at radius 1 is 1.38 bits per heavy atom. The first-order chi connectivity index (χ1) is 9.93. The minimum atomic E-state index is -3.55. The Labute approximate surface area is 124 Å². The first-order valence-electron chi connectivity index (χ1n) is 6.45. The summed E-state index contributed by atoms with van der Waals surface area (Å²) in [6, 6.07) is 4.94. The van der Waals surface area contributed by atoms with Gasteiger partial charge >= 0.3 is 0 Å². The molecule has 4 N–H and O–H groups in total. The van der Waals surface area contributed by atoms with Gasteiger partial charge in [-0.2, -0.15) is 0 Å². The number of benzene rings is 1. The summed E-state index contributed by atoms with van der Waals surface area (Å²) < 4.78 is 25.5. The summed E-state index contributed by atoms with van der Waals surface area (Å²) in [7, 11) is -0.588. The molecule has 1 aromatic heterocycles. The van der Waals surface area contributed by atoms with E-state index in [1.165, 1.54) is 20.2 Å². The maximum Gasteiger partial charge on any atom is 0.244 e. The van der Waals surface area contributed by atoms with Crippen LogP contribution in [0.15, 0.2) is 35.6 Å². The number of nitrogen functional groups attached to an aromatic ring is 1. The highest BCUT2D eigenvalue weighted by atomic mass is 32.2. The van der Waals surface area contributed by atoms with Crippen LogP contribution in [-0.4, -0.2) is 43.3 Å². The number of para-hydroxylation sites is 1. The third-order valence-electron chi connectivity index (χ3n) is 3.09. The zero-order chi connectivity index (χ0) is 15.5. The lowest BCUT2D eigenvalue weighted by atomic mass is 10.2. The summed E-state index contributed by atoms with van der Waals surface area (Å²) in [6.07, 6.45) is 4.11. The smallest absolute Gasteiger partial charge is 0.244 e. The first kappa shape index (κ1) is 15.3. The summed E-state index contributed by atoms with van der Waals surface area (Å²) in [6.45, 7) is 0.623. The van der Waals surface area contributed by atoms with E-state index in [0.29, 0.717) is 12.2 Å². The molecule has 0 bridgehead atoms. The van der Waals surface area contributed by atoms with Gasteiger partial charge in [0.1, 0.15) is 4.90 Å². The molecule has 0 saturated carbocycles. The van der Waals surface area contributed by atoms with Gasteiger partial charge in [0.05, 0.1) is 17.7 Å². The SMILES string of the molecule is CN(C)S(=O)(=O)c1cccc(NCCc2cnc[nH]2)c1N. The highest BCUT2D eigenvalue weighted by molar-refractivity contribution is 7.89. The quantitative estimate of drug-likeness (QED) is 0.688. The zero-order valence-corrected chi connectivity index (χ0v) is 12.8. The monoisotopic (exact) mass is 309 g/mol. The molecule has 0 atom stereocenters. The first-order valence-corrected chi connectivity index (χ1v) is 7.89. The number of hydrogen-bond donors (Lipinski definition) is 3. The number of nitrogens with one attached hydrogen (secondary N) is 2. The van der Waals surface area contributed by atoms with Crippen LogP contribution in [-0.2, 0) is 16.4 Å². The van der Waals surface area contributed by atoms with E-state index in [0.717, 1.165) is 16.4 Å². The third kappa shape index (κ3) is 3.34. The molecule has 7 nitrogen and oxygen atoms in total. The summed E-state index contributed by atoms with van der Waals surface area (Å²) >= 11 is 0. The van der Waals surface area contributed by atoms with Gasteiger partial charge in [-0.1, -0.05) is 6.07 Å². The van der Waals surface area contributed by atoms with Crippen molar-refractivity contribution in [3.05, 3.63) is 36.4 Å². The van der Waals surface area contributed by atoms with Crippen molar-refractivity contribution in [2.24, 2.45) is 0 Å². The van der Waals surface area contributed by atoms with Gasteiger partial charge in [0.15, 0.2) is 0 Å². The van der Waals surface area contributed by atoms with Crippen molar-refractivity contribution in [2.45, 2.75) is 11.3 Å². The Morgan fingerprint density at radius 3 is 2.76 bits per heavy atom. The number of imidazole rings is 1. The lowest BCUT2D eigenvalue weighted by molar-refractivity contribution is 0.521. The van der Waals surface area contributed by atoms with Crippen molar-refractivity contribution >= 4 is 21.4 Å². The van der Waals surface area contributed by atoms with Crippen molar-refractivity contribution in [2.75, 3.05) is 31.7 Å². The van der Waals surface area contributed by atoms with Gasteiger partial charge in [-0.15, -0.1) is 0 Å². The molecule has 0 spiro atoms. The number of sulfonamides is 1. The van der Waals surface area contributed by atoms with E-state index in [-0.39, 0.29) is 10.6 Å². The maximum absolute atomic E-state index is 12.2. The second-order valence-electron chi connectivity index (χ2n) is 4.76. The molecule has 1 aromatic carbocycles. The molecule has 2 aromatic rings. The van der Waals surface area contributed by atoms with Crippen LogP contribution in [0.1, 0.15) is 5.69 Å². The van der Waals surface area contributed by atoms with Crippen LogP contribution >= 0.6 is 0 Å². The van der Waals surface area contributed by atoms with Crippen LogP contribution in [0.25, 0.3) is 0 Å². The van der Waals surface area contributed by atoms with Crippen molar-refractivity contribution in [3.8, 4) is 0 Å². The van der Waals surface area contributed by atoms with E-state index in [1.807, 2.05) is 0 Å². The molecule has 0 unspecified atom stereocenters. The lowest BCUT2D eigenvalue weighted by Crippen LogP contribution is -2.23. The number of nitrogens with zero attached hydrogens (tertiary/aromatic N) is 2. The van der Waals surface area contributed by atoms with Crippen LogP contribution in [0.2, 0.25) is 0 Å². The van der Waals surface area contributed by atoms with Crippen LogP contribution in [0.3, 0.4) is 0 Å². The molecule has 0 radical (unpaired) electrons. The molecular formula is C13H19N5O2S. The number of aromatic amines is 1. The average Bonchev–Trinajstić information content (AvgIpc) is 2.93. The Hall–Kier alpha value is -2.06. The number of aromatic nitrogens is 2. The molecular weight excluding hydrogens is 290 g/mol. The fraction of sp³-hybridized carbons (Fsp3) is 0.308. The normalized spacial score (nSPS) is 11.8. The fourth-order valence-corrected chi connectivity index (χ4v) is 2.90. The fourth-order valence-electron chi connectivity index (χ4n) is 1.87. The molecule has 1 heterocycles. The number of nitrogens with two attached hydrogens (primary N) is 1. The van der Waals surface area contributed by atoms with Gasteiger partial charge in [-0.05, 0) is 12.1 Å². The van der Waals surface area contributed by atoms with Gasteiger partial charge in [0.25, 0.3) is 0 Å². The molecule has 0 fully saturated rings. The Bertz CT molecular complexity index is 695. The van der Waals surface area contributed by atoms with E-state index in [2.05, 4.69) is 15.3 Å². The molecule has 0 aliphatic carbocycles. The predicted molar refractivity (Wildman–Crippen MR) is 82.5 cm³/mol. The Morgan fingerprint density at radius 2 is 2.14 bits per heavy atom. The second-order valence-corrected chi connectivity index (χ2v) is 6.88. The Kier molecular flexibility index (Phi) is 4.49. The summed E-state index contributed by atoms with van der Waals surface area (Å²) in [5, 5.41) is 3.15. The summed E-state index contributed by atoms with van der Waals surface area (Å²) in [4.78, 5) is 7.05. The van der Waals surface area contributed by atoms with Crippen molar-refractivity contribution < 1.29 is 8.42 Å². The minimum absolute atomic E-state index is 0.110. The van der Waals surface area contributed by atoms with Crippen molar-refractivity contribution in [1.29, 1.82) is 0 Å². The van der Waals surface area contributed by atoms with E-state index in [9.17, 15) is 8.42 Å². The molecule has 114 valence electrons. The molecule has 0 aliphatic heterocycles. The number of rotatable bonds is 6. The average molecular weight is 309 g/mol. The number of H-pyrrole nitrogens is 1. The van der Waals surface area contributed by atoms with Crippen LogP contribution in [0.5, 0.6) is 0 Å². The highest BCUT2D eigenvalue weighted by Gasteiger charge is 2.21. The third-order valence-corrected chi connectivity index (χ3v) is 4.96. The van der Waals surface area contributed by atoms with E-state index in [4.69, 9.17) is 5.73 Å². The molecule has 8 heteroatoms. The number of anilines is 2. The number of hydrogen-bond acceptors (Lipinski definition) is 5. The van der Waals surface area contributed by atoms with E-state index >= 15 is 0 Å². The van der Waals surface area contributed by atoms with Gasteiger partial charge < -0.3 is 16.0 Å². The standard InChI is InChI=1S/C13H19N5O2S/c1-18(2)21(19,20)12-5-3-4-11(13(12)14)16-7-6-10-8-15-9-17-10/h3-5,8-9,16H,6-7,14H2,1-2H3,(H,15,17). The van der Waals surface area contributed by atoms with E-state index < -0.39 is 10.0 Å². The van der Waals surface area contributed by atoms with E-state index in [1.54, 1.807) is 24.7 Å². The second kappa shape index (κ2) is 6.15. The molecule has 0 saturated heterocycles. The topological polar surface area (TPSA) is 104 Å². The van der Waals surface area contributed by atoms with Gasteiger partial charge in [-0.3, -0.25) is 0 Å². The lowest BCUT2D eigenvalue weighted by Gasteiger charge is -2.16. The van der Waals surface area contributed by atoms with Crippen molar-refractivity contribution in [1.82, 2.24) is 14.3 Å². The Balaban J connectivity index is 2.14. The van der Waals surface area contributed by atoms with Gasteiger partial charge in [0.2, 0.25) is 10.0 Å². The maximum atomic E-state index is 12.2. The predicted octanol–water partition coefficient (Wildman–Crippen LogP) is 0.897. The van der Waals surface area contributed by atoms with Gasteiger partial charge in [0, 0.05) is 39.0 Å². The zero-order valence-electron chi connectivity index (χ0n) is 12.0. The largest absolute Gasteiger partial charge is 0.396 e. The molecule has 2 rings (SSSR count). The highest BCUT2D eigenvalue weighted by Crippen LogP contribution is 2.28. The van der Waals surface area contributed by atoms with Crippen LogP contribution in [0.4, 0.5) is 11.4 Å². The molecule has 0 amide bonds. The van der Waals surface area contributed by atoms with Crippen molar-refractivity contribution in [3.63, 3.8) is 0 Å².